The predicted octanol–water partition coefficient (Wildman–Crippen LogP) is 8.15. The van der Waals surface area contributed by atoms with Gasteiger partial charge >= 0.3 is 0 Å². The quantitative estimate of drug-likeness (QED) is 0.304. The van der Waals surface area contributed by atoms with Crippen molar-refractivity contribution in [2.75, 3.05) is 16.0 Å². The number of hydrogen-bond donors (Lipinski definition) is 3. The molecule has 12 fully saturated rings. The van der Waals surface area contributed by atoms with E-state index in [1.54, 1.807) is 0 Å². The highest BCUT2D eigenvalue weighted by atomic mass is 16.2. The Balaban J connectivity index is 0.972. The Labute approximate surface area is 268 Å². The minimum atomic E-state index is -0.312. The molecular formula is C39H51N3O3. The fourth-order valence-corrected chi connectivity index (χ4v) is 14.8. The molecule has 0 aliphatic heterocycles. The van der Waals surface area contributed by atoms with Crippen LogP contribution < -0.4 is 16.0 Å². The number of carbonyl (C=O) groups excluding carboxylic acids is 3. The van der Waals surface area contributed by atoms with Crippen LogP contribution in [-0.4, -0.2) is 17.7 Å². The van der Waals surface area contributed by atoms with Gasteiger partial charge in [-0.15, -0.1) is 0 Å². The third kappa shape index (κ3) is 4.35. The molecule has 240 valence electrons. The van der Waals surface area contributed by atoms with Crippen molar-refractivity contribution in [3.05, 3.63) is 18.2 Å². The van der Waals surface area contributed by atoms with Crippen molar-refractivity contribution in [3.63, 3.8) is 0 Å². The molecule has 13 rings (SSSR count). The van der Waals surface area contributed by atoms with Crippen molar-refractivity contribution in [1.29, 1.82) is 0 Å². The van der Waals surface area contributed by atoms with Gasteiger partial charge in [0.15, 0.2) is 0 Å². The number of nitrogens with one attached hydrogen (secondary N) is 3. The fraction of sp³-hybridized carbons (Fsp3) is 0.769. The Morgan fingerprint density at radius 2 is 0.667 bits per heavy atom. The summed E-state index contributed by atoms with van der Waals surface area (Å²) in [6.45, 7) is 0. The van der Waals surface area contributed by atoms with E-state index in [1.165, 1.54) is 57.8 Å². The van der Waals surface area contributed by atoms with Crippen LogP contribution in [-0.2, 0) is 14.4 Å². The SMILES string of the molecule is O=C(Nc1cccc(NC(=O)C23CC4CC(CC(C4)C2)C3)c1NC(=O)C12CC3CC(CC(C3)C1)C2)C12CC3CC(CC(C3)C1)C2. The largest absolute Gasteiger partial charge is 0.324 e. The lowest BCUT2D eigenvalue weighted by atomic mass is 9.49. The Bertz CT molecular complexity index is 1280. The first-order valence-electron chi connectivity index (χ1n) is 18.8. The van der Waals surface area contributed by atoms with E-state index < -0.39 is 0 Å². The first-order chi connectivity index (χ1) is 21.7. The Morgan fingerprint density at radius 3 is 0.933 bits per heavy atom. The summed E-state index contributed by atoms with van der Waals surface area (Å²) in [5.41, 5.74) is 1.07. The van der Waals surface area contributed by atoms with Crippen LogP contribution in [0.4, 0.5) is 17.1 Å². The molecule has 1 aromatic carbocycles. The fourth-order valence-electron chi connectivity index (χ4n) is 14.8. The monoisotopic (exact) mass is 609 g/mol. The highest BCUT2D eigenvalue weighted by Gasteiger charge is 2.57. The predicted molar refractivity (Wildman–Crippen MR) is 174 cm³/mol. The average Bonchev–Trinajstić information content (AvgIpc) is 2.96. The summed E-state index contributed by atoms with van der Waals surface area (Å²) >= 11 is 0. The van der Waals surface area contributed by atoms with E-state index >= 15 is 0 Å². The van der Waals surface area contributed by atoms with Gasteiger partial charge in [-0.25, -0.2) is 0 Å². The number of carbonyl (C=O) groups is 3. The van der Waals surface area contributed by atoms with Gasteiger partial charge in [0.1, 0.15) is 0 Å². The normalized spacial score (nSPS) is 47.6. The van der Waals surface area contributed by atoms with Gasteiger partial charge in [0.2, 0.25) is 17.7 Å². The van der Waals surface area contributed by atoms with Gasteiger partial charge in [-0.05, 0) is 181 Å². The van der Waals surface area contributed by atoms with Crippen LogP contribution in [0, 0.1) is 69.5 Å². The molecule has 0 aromatic heterocycles. The highest BCUT2D eigenvalue weighted by Crippen LogP contribution is 2.63. The number of rotatable bonds is 6. The first-order valence-corrected chi connectivity index (χ1v) is 18.8. The number of para-hydroxylation sites is 1. The molecule has 0 radical (unpaired) electrons. The highest BCUT2D eigenvalue weighted by molar-refractivity contribution is 6.09. The summed E-state index contributed by atoms with van der Waals surface area (Å²) in [6.07, 6.45) is 20.6. The molecule has 6 nitrogen and oxygen atoms in total. The summed E-state index contributed by atoms with van der Waals surface area (Å²) in [4.78, 5) is 43.0. The molecule has 0 saturated heterocycles. The zero-order valence-corrected chi connectivity index (χ0v) is 26.9. The van der Waals surface area contributed by atoms with E-state index in [4.69, 9.17) is 0 Å². The molecule has 6 heteroatoms. The second kappa shape index (κ2) is 9.60. The van der Waals surface area contributed by atoms with Crippen LogP contribution in [0.5, 0.6) is 0 Å². The van der Waals surface area contributed by atoms with E-state index in [2.05, 4.69) is 16.0 Å². The van der Waals surface area contributed by atoms with Gasteiger partial charge in [-0.1, -0.05) is 6.07 Å². The lowest BCUT2D eigenvalue weighted by Gasteiger charge is -2.56. The molecule has 1 aromatic rings. The van der Waals surface area contributed by atoms with Crippen LogP contribution in [0.1, 0.15) is 116 Å². The van der Waals surface area contributed by atoms with Crippen LogP contribution in [0.3, 0.4) is 0 Å². The van der Waals surface area contributed by atoms with Crippen molar-refractivity contribution in [2.24, 2.45) is 69.5 Å². The smallest absolute Gasteiger partial charge is 0.230 e. The Morgan fingerprint density at radius 1 is 0.422 bits per heavy atom. The molecule has 0 spiro atoms. The second-order valence-electron chi connectivity index (χ2n) is 18.7. The molecule has 12 aliphatic rings. The number of anilines is 3. The van der Waals surface area contributed by atoms with Crippen LogP contribution >= 0.6 is 0 Å². The minimum Gasteiger partial charge on any atom is -0.324 e. The summed E-state index contributed by atoms with van der Waals surface area (Å²) in [5.74, 6) is 6.50. The zero-order chi connectivity index (χ0) is 30.1. The van der Waals surface area contributed by atoms with E-state index in [9.17, 15) is 14.4 Å². The molecule has 0 unspecified atom stereocenters. The maximum atomic E-state index is 14.4. The summed E-state index contributed by atoms with van der Waals surface area (Å²) in [7, 11) is 0. The third-order valence-corrected chi connectivity index (χ3v) is 15.4. The summed E-state index contributed by atoms with van der Waals surface area (Å²) < 4.78 is 0. The van der Waals surface area contributed by atoms with Crippen molar-refractivity contribution >= 4 is 34.8 Å². The van der Waals surface area contributed by atoms with E-state index in [-0.39, 0.29) is 34.0 Å². The lowest BCUT2D eigenvalue weighted by molar-refractivity contribution is -0.141. The molecule has 12 aliphatic carbocycles. The van der Waals surface area contributed by atoms with Crippen molar-refractivity contribution in [2.45, 2.75) is 116 Å². The van der Waals surface area contributed by atoms with E-state index in [1.807, 2.05) is 18.2 Å². The maximum Gasteiger partial charge on any atom is 0.230 e. The Kier molecular flexibility index (Phi) is 5.91. The van der Waals surface area contributed by atoms with E-state index in [0.717, 1.165) is 57.8 Å². The average molecular weight is 610 g/mol. The summed E-state index contributed by atoms with van der Waals surface area (Å²) in [6, 6.07) is 5.85. The number of hydrogen-bond acceptors (Lipinski definition) is 3. The van der Waals surface area contributed by atoms with Gasteiger partial charge in [-0.2, -0.15) is 0 Å². The Hall–Kier alpha value is -2.37. The second-order valence-corrected chi connectivity index (χ2v) is 18.7. The van der Waals surface area contributed by atoms with Gasteiger partial charge in [0.05, 0.1) is 33.3 Å². The molecule has 45 heavy (non-hydrogen) atoms. The van der Waals surface area contributed by atoms with Crippen molar-refractivity contribution in [1.82, 2.24) is 0 Å². The van der Waals surface area contributed by atoms with Crippen LogP contribution in [0.15, 0.2) is 18.2 Å². The van der Waals surface area contributed by atoms with Crippen molar-refractivity contribution < 1.29 is 14.4 Å². The topological polar surface area (TPSA) is 87.3 Å². The van der Waals surface area contributed by atoms with Crippen LogP contribution in [0.25, 0.3) is 0 Å². The molecule has 12 bridgehead atoms. The molecule has 0 atom stereocenters. The first kappa shape index (κ1) is 27.7. The maximum absolute atomic E-state index is 14.4. The van der Waals surface area contributed by atoms with Crippen LogP contribution in [0.2, 0.25) is 0 Å². The minimum absolute atomic E-state index is 0.114. The van der Waals surface area contributed by atoms with Gasteiger partial charge in [0, 0.05) is 0 Å². The van der Waals surface area contributed by atoms with Gasteiger partial charge in [0.25, 0.3) is 0 Å². The van der Waals surface area contributed by atoms with E-state index in [0.29, 0.717) is 70.3 Å². The van der Waals surface area contributed by atoms with Gasteiger partial charge < -0.3 is 16.0 Å². The van der Waals surface area contributed by atoms with Gasteiger partial charge in [-0.3, -0.25) is 14.4 Å². The lowest BCUT2D eigenvalue weighted by Crippen LogP contribution is -2.52. The number of benzene rings is 1. The molecule has 3 amide bonds. The molecule has 12 saturated carbocycles. The molecule has 0 heterocycles. The van der Waals surface area contributed by atoms with Crippen molar-refractivity contribution in [3.8, 4) is 0 Å². The standard InChI is InChI=1S/C39H51N3O3/c43-34(37-13-22-4-23(14-37)6-24(5-22)15-37)40-31-2-1-3-32(41-35(44)38-16-25-7-26(17-38)9-27(8-25)18-38)33(31)42-36(45)39-19-28-10-29(20-39)12-30(11-28)21-39/h1-3,22-30H,4-21H2,(H,40,43)(H,41,44)(H,42,45). The summed E-state index contributed by atoms with van der Waals surface area (Å²) in [5, 5.41) is 10.2. The molecule has 3 N–H and O–H groups in total. The number of amides is 3. The third-order valence-electron chi connectivity index (χ3n) is 15.4. The molecular weight excluding hydrogens is 558 g/mol. The zero-order valence-electron chi connectivity index (χ0n) is 26.9.